The van der Waals surface area contributed by atoms with Crippen LogP contribution in [0.15, 0.2) is 24.3 Å². The van der Waals surface area contributed by atoms with Crippen molar-refractivity contribution in [2.45, 2.75) is 54.4 Å². The number of rotatable bonds is 6. The molecule has 0 radical (unpaired) electrons. The minimum atomic E-state index is -4.67. The van der Waals surface area contributed by atoms with Gasteiger partial charge in [0.25, 0.3) is 0 Å². The number of methoxy groups -OCH3 is 1. The summed E-state index contributed by atoms with van der Waals surface area (Å²) in [6.07, 6.45) is 0.827. The lowest BCUT2D eigenvalue weighted by atomic mass is 9.96. The Bertz CT molecular complexity index is 1200. The molecule has 0 saturated heterocycles. The highest BCUT2D eigenvalue weighted by molar-refractivity contribution is 7.79. The maximum atomic E-state index is 11.7. The zero-order valence-electron chi connectivity index (χ0n) is 22.8. The summed E-state index contributed by atoms with van der Waals surface area (Å²) in [7, 11) is -2.33. The fourth-order valence-electron chi connectivity index (χ4n) is 3.25. The Balaban J connectivity index is 0. The Labute approximate surface area is 223 Å². The Hall–Kier alpha value is -3.45. The first-order valence-electron chi connectivity index (χ1n) is 11.2. The maximum Gasteiger partial charge on any atom is 0.394 e. The van der Waals surface area contributed by atoms with Crippen molar-refractivity contribution in [2.24, 2.45) is 0 Å². The molecule has 12 heteroatoms. The summed E-state index contributed by atoms with van der Waals surface area (Å²) in [6.45, 7) is 10.8. The highest BCUT2D eigenvalue weighted by atomic mass is 32.3. The van der Waals surface area contributed by atoms with Crippen molar-refractivity contribution >= 4 is 33.9 Å². The van der Waals surface area contributed by atoms with Crippen LogP contribution in [-0.4, -0.2) is 65.5 Å². The Morgan fingerprint density at radius 3 is 1.26 bits per heavy atom. The summed E-state index contributed by atoms with van der Waals surface area (Å²) < 4.78 is 36.3. The molecular weight excluding hydrogens is 520 g/mol. The number of hydrogen-bond acceptors (Lipinski definition) is 8. The summed E-state index contributed by atoms with van der Waals surface area (Å²) in [6, 6.07) is 6.68. The van der Waals surface area contributed by atoms with Crippen LogP contribution in [-0.2, 0) is 15.1 Å². The van der Waals surface area contributed by atoms with E-state index in [0.717, 1.165) is 23.8 Å². The van der Waals surface area contributed by atoms with E-state index in [1.807, 2.05) is 26.8 Å². The van der Waals surface area contributed by atoms with Crippen molar-refractivity contribution < 1.29 is 51.7 Å². The maximum absolute atomic E-state index is 11.7. The minimum absolute atomic E-state index is 0.0185. The van der Waals surface area contributed by atoms with E-state index >= 15 is 0 Å². The van der Waals surface area contributed by atoms with Crippen LogP contribution in [0, 0.1) is 27.7 Å². The monoisotopic (exact) mass is 556 g/mol. The summed E-state index contributed by atoms with van der Waals surface area (Å²) in [5, 5.41) is 15.9. The van der Waals surface area contributed by atoms with E-state index in [1.165, 1.54) is 13.2 Å². The molecule has 0 amide bonds. The van der Waals surface area contributed by atoms with Gasteiger partial charge in [0.05, 0.1) is 18.2 Å². The van der Waals surface area contributed by atoms with Crippen LogP contribution in [0.3, 0.4) is 0 Å². The van der Waals surface area contributed by atoms with E-state index in [1.54, 1.807) is 32.9 Å². The molecule has 2 aromatic rings. The summed E-state index contributed by atoms with van der Waals surface area (Å²) in [4.78, 5) is 45.5. The first kappa shape index (κ1) is 36.7. The molecule has 0 aliphatic carbocycles. The molecule has 38 heavy (non-hydrogen) atoms. The lowest BCUT2D eigenvalue weighted by Gasteiger charge is -2.09. The third-order valence-corrected chi connectivity index (χ3v) is 5.02. The molecule has 2 rings (SSSR count). The number of hydrogen-bond donors (Lipinski definition) is 4. The van der Waals surface area contributed by atoms with Gasteiger partial charge >= 0.3 is 22.3 Å². The topological polar surface area (TPSA) is 193 Å². The third kappa shape index (κ3) is 12.7. The number of carboxylic acid groups (broad SMARTS) is 1. The number of carbonyl (C=O) groups excluding carboxylic acids is 3. The van der Waals surface area contributed by atoms with Gasteiger partial charge in [-0.15, -0.1) is 0 Å². The summed E-state index contributed by atoms with van der Waals surface area (Å²) >= 11 is 0. The highest BCUT2D eigenvalue weighted by Gasteiger charge is 2.15. The zero-order valence-corrected chi connectivity index (χ0v) is 23.6. The lowest BCUT2D eigenvalue weighted by molar-refractivity contribution is 0.0598. The molecule has 0 saturated carbocycles. The van der Waals surface area contributed by atoms with Gasteiger partial charge in [0, 0.05) is 31.1 Å². The predicted octanol–water partition coefficient (Wildman–Crippen LogP) is 4.23. The van der Waals surface area contributed by atoms with Crippen LogP contribution in [0.1, 0.15) is 90.4 Å². The standard InChI is InChI=1S/C13H16O3.C12H14O3.CH4O.H2O4S/c1-5-12(14)10-7-11(13(15)16-4)9(3)6-8(10)2;1-4-11(13)9-6-10(12(14)15)8(3)5-7(9)2;1-2;1-5(2,3)4/h6-7H,5H2,1-4H3;5-6H,4H2,1-3H3,(H,14,15);2H,1H3;(H2,1,2,3,4). The Morgan fingerprint density at radius 2 is 0.974 bits per heavy atom. The number of ketones is 2. The minimum Gasteiger partial charge on any atom is -0.478 e. The number of ether oxygens (including phenoxy) is 1. The molecule has 0 atom stereocenters. The molecule has 0 aliphatic rings. The first-order valence-corrected chi connectivity index (χ1v) is 12.6. The number of Topliss-reactive ketones (excluding diaryl/α,β-unsaturated/α-hetero) is 2. The van der Waals surface area contributed by atoms with Gasteiger partial charge < -0.3 is 14.9 Å². The third-order valence-electron chi connectivity index (χ3n) is 5.02. The van der Waals surface area contributed by atoms with Crippen LogP contribution in [0.5, 0.6) is 0 Å². The van der Waals surface area contributed by atoms with Crippen molar-refractivity contribution in [1.82, 2.24) is 0 Å². The molecule has 0 fully saturated rings. The van der Waals surface area contributed by atoms with Crippen LogP contribution in [0.25, 0.3) is 0 Å². The molecule has 0 spiro atoms. The Morgan fingerprint density at radius 1 is 0.684 bits per heavy atom. The number of benzene rings is 2. The summed E-state index contributed by atoms with van der Waals surface area (Å²) in [5.74, 6) is -1.36. The molecule has 0 heterocycles. The van der Waals surface area contributed by atoms with Crippen LogP contribution in [0.4, 0.5) is 0 Å². The lowest BCUT2D eigenvalue weighted by Crippen LogP contribution is -2.08. The molecule has 0 bridgehead atoms. The van der Waals surface area contributed by atoms with Crippen molar-refractivity contribution in [3.05, 3.63) is 68.8 Å². The van der Waals surface area contributed by atoms with E-state index in [4.69, 9.17) is 27.7 Å². The molecule has 2 aromatic carbocycles. The van der Waals surface area contributed by atoms with E-state index in [2.05, 4.69) is 4.74 Å². The predicted molar refractivity (Wildman–Crippen MR) is 142 cm³/mol. The fraction of sp³-hybridized carbons (Fsp3) is 0.385. The number of aryl methyl sites for hydroxylation is 4. The molecule has 0 unspecified atom stereocenters. The number of aromatic carboxylic acids is 1. The second-order valence-corrected chi connectivity index (χ2v) is 8.66. The SMILES string of the molecule is CCC(=O)c1cc(C(=O)O)c(C)cc1C.CCC(=O)c1cc(C(=O)OC)c(C)cc1C.CO.O=S(=O)(O)O. The van der Waals surface area contributed by atoms with Gasteiger partial charge in [-0.05, 0) is 62.1 Å². The highest BCUT2D eigenvalue weighted by Crippen LogP contribution is 2.19. The largest absolute Gasteiger partial charge is 0.478 e. The van der Waals surface area contributed by atoms with Crippen LogP contribution >= 0.6 is 0 Å². The van der Waals surface area contributed by atoms with Gasteiger partial charge in [-0.2, -0.15) is 8.42 Å². The van der Waals surface area contributed by atoms with Gasteiger partial charge in [-0.3, -0.25) is 18.7 Å². The molecule has 0 aromatic heterocycles. The van der Waals surface area contributed by atoms with Gasteiger partial charge in [0.2, 0.25) is 0 Å². The van der Waals surface area contributed by atoms with Crippen molar-refractivity contribution in [3.63, 3.8) is 0 Å². The fourth-order valence-corrected chi connectivity index (χ4v) is 3.25. The average molecular weight is 557 g/mol. The molecular formula is C26H36O11S. The smallest absolute Gasteiger partial charge is 0.394 e. The number of carboxylic acids is 1. The second-order valence-electron chi connectivity index (χ2n) is 7.76. The number of aliphatic hydroxyl groups is 1. The molecule has 11 nitrogen and oxygen atoms in total. The van der Waals surface area contributed by atoms with E-state index in [-0.39, 0.29) is 17.1 Å². The number of aliphatic hydroxyl groups excluding tert-OH is 1. The first-order chi connectivity index (χ1) is 17.5. The number of carbonyl (C=O) groups is 4. The van der Waals surface area contributed by atoms with Crippen molar-refractivity contribution in [2.75, 3.05) is 14.2 Å². The van der Waals surface area contributed by atoms with E-state index in [9.17, 15) is 19.2 Å². The normalized spacial score (nSPS) is 9.87. The second kappa shape index (κ2) is 17.1. The van der Waals surface area contributed by atoms with E-state index in [0.29, 0.717) is 35.1 Å². The van der Waals surface area contributed by atoms with Gasteiger partial charge in [-0.25, -0.2) is 9.59 Å². The quantitative estimate of drug-likeness (QED) is 0.226. The van der Waals surface area contributed by atoms with Crippen LogP contribution in [0.2, 0.25) is 0 Å². The van der Waals surface area contributed by atoms with Gasteiger partial charge in [-0.1, -0.05) is 26.0 Å². The number of esters is 1. The Kier molecular flexibility index (Phi) is 16.5. The summed E-state index contributed by atoms with van der Waals surface area (Å²) in [5.41, 5.74) is 5.04. The van der Waals surface area contributed by atoms with Gasteiger partial charge in [0.15, 0.2) is 11.6 Å². The van der Waals surface area contributed by atoms with Crippen molar-refractivity contribution in [1.29, 1.82) is 0 Å². The molecule has 4 N–H and O–H groups in total. The van der Waals surface area contributed by atoms with Crippen molar-refractivity contribution in [3.8, 4) is 0 Å². The zero-order chi connectivity index (χ0) is 30.4. The van der Waals surface area contributed by atoms with Gasteiger partial charge in [0.1, 0.15) is 0 Å². The molecule has 0 aliphatic heterocycles. The average Bonchev–Trinajstić information content (AvgIpc) is 2.83. The van der Waals surface area contributed by atoms with E-state index < -0.39 is 22.3 Å². The van der Waals surface area contributed by atoms with Crippen LogP contribution < -0.4 is 0 Å². The molecule has 212 valence electrons.